The predicted octanol–water partition coefficient (Wildman–Crippen LogP) is 5.32. The minimum Gasteiger partial charge on any atom is -0.100 e. The molecule has 0 unspecified atom stereocenters. The predicted molar refractivity (Wildman–Crippen MR) is 77.4 cm³/mol. The lowest BCUT2D eigenvalue weighted by molar-refractivity contribution is 0.637. The third-order valence-electron chi connectivity index (χ3n) is 3.30. The Labute approximate surface area is 107 Å². The van der Waals surface area contributed by atoms with E-state index >= 15 is 0 Å². The fourth-order valence-electron chi connectivity index (χ4n) is 2.24. The van der Waals surface area contributed by atoms with Crippen LogP contribution < -0.4 is 0 Å². The number of aryl methyl sites for hydroxylation is 2. The summed E-state index contributed by atoms with van der Waals surface area (Å²) >= 11 is 0. The first-order chi connectivity index (χ1) is 8.24. The van der Waals surface area contributed by atoms with Gasteiger partial charge in [0, 0.05) is 0 Å². The van der Waals surface area contributed by atoms with Gasteiger partial charge < -0.3 is 0 Å². The molecule has 0 N–H and O–H groups in total. The van der Waals surface area contributed by atoms with Crippen molar-refractivity contribution in [1.82, 2.24) is 0 Å². The standard InChI is InChI=1S/C17H26/c1-4-16-12-9-10-14-17(16)13-8-6-5-7-11-15(2)3/h9-10,12,14H,2,4-8,11,13H2,1,3H3. The van der Waals surface area contributed by atoms with Gasteiger partial charge in [0.1, 0.15) is 0 Å². The largest absolute Gasteiger partial charge is 0.100 e. The summed E-state index contributed by atoms with van der Waals surface area (Å²) in [5.41, 5.74) is 4.39. The maximum absolute atomic E-state index is 3.94. The molecule has 0 aromatic heterocycles. The van der Waals surface area contributed by atoms with Crippen LogP contribution >= 0.6 is 0 Å². The quantitative estimate of drug-likeness (QED) is 0.419. The van der Waals surface area contributed by atoms with Gasteiger partial charge in [-0.2, -0.15) is 0 Å². The van der Waals surface area contributed by atoms with Crippen LogP contribution in [0.15, 0.2) is 36.4 Å². The molecule has 1 aromatic carbocycles. The van der Waals surface area contributed by atoms with E-state index in [2.05, 4.69) is 44.7 Å². The maximum atomic E-state index is 3.94. The van der Waals surface area contributed by atoms with Gasteiger partial charge >= 0.3 is 0 Å². The minimum absolute atomic E-state index is 1.16. The first-order valence-corrected chi connectivity index (χ1v) is 6.95. The molecule has 1 rings (SSSR count). The number of benzene rings is 1. The highest BCUT2D eigenvalue weighted by Gasteiger charge is 1.99. The van der Waals surface area contributed by atoms with Gasteiger partial charge in [-0.05, 0) is 50.2 Å². The molecule has 0 atom stereocenters. The fourth-order valence-corrected chi connectivity index (χ4v) is 2.24. The van der Waals surface area contributed by atoms with E-state index in [4.69, 9.17) is 0 Å². The Morgan fingerprint density at radius 1 is 1.00 bits per heavy atom. The molecular formula is C17H26. The molecule has 0 aliphatic heterocycles. The summed E-state index contributed by atoms with van der Waals surface area (Å²) in [6.07, 6.45) is 8.94. The molecule has 0 heteroatoms. The van der Waals surface area contributed by atoms with Crippen LogP contribution in [0.5, 0.6) is 0 Å². The van der Waals surface area contributed by atoms with Gasteiger partial charge in [0.25, 0.3) is 0 Å². The van der Waals surface area contributed by atoms with E-state index < -0.39 is 0 Å². The average molecular weight is 230 g/mol. The summed E-state index contributed by atoms with van der Waals surface area (Å²) in [5, 5.41) is 0. The average Bonchev–Trinajstić information content (AvgIpc) is 2.33. The van der Waals surface area contributed by atoms with Crippen molar-refractivity contribution in [3.05, 3.63) is 47.5 Å². The maximum Gasteiger partial charge on any atom is -0.0276 e. The molecule has 17 heavy (non-hydrogen) atoms. The highest BCUT2D eigenvalue weighted by Crippen LogP contribution is 2.14. The topological polar surface area (TPSA) is 0 Å². The van der Waals surface area contributed by atoms with E-state index in [1.165, 1.54) is 49.7 Å². The Morgan fingerprint density at radius 3 is 2.29 bits per heavy atom. The van der Waals surface area contributed by atoms with Gasteiger partial charge in [0.15, 0.2) is 0 Å². The number of rotatable bonds is 8. The highest BCUT2D eigenvalue weighted by atomic mass is 14.0. The summed E-state index contributed by atoms with van der Waals surface area (Å²) < 4.78 is 0. The van der Waals surface area contributed by atoms with Crippen molar-refractivity contribution < 1.29 is 0 Å². The van der Waals surface area contributed by atoms with Crippen molar-refractivity contribution in [3.8, 4) is 0 Å². The lowest BCUT2D eigenvalue weighted by atomic mass is 9.99. The van der Waals surface area contributed by atoms with Crippen molar-refractivity contribution in [2.45, 2.75) is 58.8 Å². The number of allylic oxidation sites excluding steroid dienone is 1. The van der Waals surface area contributed by atoms with Crippen LogP contribution in [0.25, 0.3) is 0 Å². The molecule has 0 saturated heterocycles. The SMILES string of the molecule is C=C(C)CCCCCCc1ccccc1CC. The van der Waals surface area contributed by atoms with Crippen LogP contribution in [0.1, 0.15) is 57.1 Å². The Morgan fingerprint density at radius 2 is 1.65 bits per heavy atom. The lowest BCUT2D eigenvalue weighted by Crippen LogP contribution is -1.92. The van der Waals surface area contributed by atoms with Crippen LogP contribution in [0, 0.1) is 0 Å². The number of unbranched alkanes of at least 4 members (excludes halogenated alkanes) is 3. The first-order valence-electron chi connectivity index (χ1n) is 6.95. The molecule has 94 valence electrons. The van der Waals surface area contributed by atoms with Crippen molar-refractivity contribution in [3.63, 3.8) is 0 Å². The second kappa shape index (κ2) is 8.11. The molecule has 0 heterocycles. The van der Waals surface area contributed by atoms with Crippen molar-refractivity contribution in [2.75, 3.05) is 0 Å². The molecule has 0 bridgehead atoms. The Bertz CT molecular complexity index is 336. The van der Waals surface area contributed by atoms with Crippen molar-refractivity contribution in [2.24, 2.45) is 0 Å². The zero-order chi connectivity index (χ0) is 12.5. The van der Waals surface area contributed by atoms with Gasteiger partial charge in [-0.1, -0.05) is 49.6 Å². The van der Waals surface area contributed by atoms with Crippen molar-refractivity contribution >= 4 is 0 Å². The summed E-state index contributed by atoms with van der Waals surface area (Å²) in [5.74, 6) is 0. The van der Waals surface area contributed by atoms with Crippen LogP contribution in [0.4, 0.5) is 0 Å². The van der Waals surface area contributed by atoms with Gasteiger partial charge in [-0.15, -0.1) is 6.58 Å². The lowest BCUT2D eigenvalue weighted by Gasteiger charge is -2.07. The monoisotopic (exact) mass is 230 g/mol. The van der Waals surface area contributed by atoms with Crippen LogP contribution in [0.2, 0.25) is 0 Å². The molecule has 0 radical (unpaired) electrons. The molecule has 0 aliphatic rings. The van der Waals surface area contributed by atoms with Gasteiger partial charge in [0.2, 0.25) is 0 Å². The smallest absolute Gasteiger partial charge is 0.0276 e. The highest BCUT2D eigenvalue weighted by molar-refractivity contribution is 5.26. The summed E-state index contributed by atoms with van der Waals surface area (Å²) in [7, 11) is 0. The Kier molecular flexibility index (Phi) is 6.69. The van der Waals surface area contributed by atoms with Crippen LogP contribution in [-0.2, 0) is 12.8 Å². The third kappa shape index (κ3) is 5.72. The Balaban J connectivity index is 2.19. The second-order valence-electron chi connectivity index (χ2n) is 4.99. The van der Waals surface area contributed by atoms with Crippen molar-refractivity contribution in [1.29, 1.82) is 0 Å². The fraction of sp³-hybridized carbons (Fsp3) is 0.529. The molecule has 0 spiro atoms. The molecule has 0 amide bonds. The molecular weight excluding hydrogens is 204 g/mol. The zero-order valence-electron chi connectivity index (χ0n) is 11.5. The first kappa shape index (κ1) is 14.0. The summed E-state index contributed by atoms with van der Waals surface area (Å²) in [4.78, 5) is 0. The third-order valence-corrected chi connectivity index (χ3v) is 3.30. The van der Waals surface area contributed by atoms with Gasteiger partial charge in [-0.3, -0.25) is 0 Å². The van der Waals surface area contributed by atoms with E-state index in [1.54, 1.807) is 5.56 Å². The molecule has 1 aromatic rings. The normalized spacial score (nSPS) is 10.5. The van der Waals surface area contributed by atoms with E-state index in [0.29, 0.717) is 0 Å². The van der Waals surface area contributed by atoms with E-state index in [9.17, 15) is 0 Å². The van der Waals surface area contributed by atoms with Gasteiger partial charge in [-0.25, -0.2) is 0 Å². The molecule has 0 fully saturated rings. The minimum atomic E-state index is 1.16. The molecule has 0 nitrogen and oxygen atoms in total. The van der Waals surface area contributed by atoms with Crippen LogP contribution in [0.3, 0.4) is 0 Å². The van der Waals surface area contributed by atoms with E-state index in [1.807, 2.05) is 0 Å². The number of hydrogen-bond donors (Lipinski definition) is 0. The number of hydrogen-bond acceptors (Lipinski definition) is 0. The summed E-state index contributed by atoms with van der Waals surface area (Å²) in [6, 6.07) is 8.86. The molecule has 0 aliphatic carbocycles. The summed E-state index contributed by atoms with van der Waals surface area (Å²) in [6.45, 7) is 8.31. The second-order valence-corrected chi connectivity index (χ2v) is 4.99. The van der Waals surface area contributed by atoms with E-state index in [0.717, 1.165) is 6.42 Å². The van der Waals surface area contributed by atoms with Crippen LogP contribution in [-0.4, -0.2) is 0 Å². The molecule has 0 saturated carbocycles. The zero-order valence-corrected chi connectivity index (χ0v) is 11.5. The van der Waals surface area contributed by atoms with E-state index in [-0.39, 0.29) is 0 Å². The van der Waals surface area contributed by atoms with Gasteiger partial charge in [0.05, 0.1) is 0 Å². The Hall–Kier alpha value is -1.04.